The van der Waals surface area contributed by atoms with Crippen LogP contribution < -0.4 is 10.9 Å². The molecule has 7 heteroatoms. The van der Waals surface area contributed by atoms with E-state index in [1.54, 1.807) is 0 Å². The lowest BCUT2D eigenvalue weighted by Crippen LogP contribution is -2.40. The van der Waals surface area contributed by atoms with E-state index in [0.717, 1.165) is 34.3 Å². The van der Waals surface area contributed by atoms with E-state index in [-0.39, 0.29) is 5.56 Å². The van der Waals surface area contributed by atoms with Gasteiger partial charge < -0.3 is 20.1 Å². The number of anilines is 1. The predicted molar refractivity (Wildman–Crippen MR) is 131 cm³/mol. The first-order chi connectivity index (χ1) is 14.2. The summed E-state index contributed by atoms with van der Waals surface area (Å²) in [6.07, 6.45) is 0. The third-order valence-corrected chi connectivity index (χ3v) is 5.53. The maximum Gasteiger partial charge on any atom is 0.253 e. The molecule has 0 saturated carbocycles. The quantitative estimate of drug-likeness (QED) is 0.548. The van der Waals surface area contributed by atoms with Gasteiger partial charge in [0, 0.05) is 40.3 Å². The summed E-state index contributed by atoms with van der Waals surface area (Å²) >= 11 is 11.8. The minimum absolute atomic E-state index is 0.0899. The minimum Gasteiger partial charge on any atom is -0.343 e. The molecular formula is C23H27ClN4OS. The van der Waals surface area contributed by atoms with Gasteiger partial charge in [0.15, 0.2) is 5.11 Å². The first-order valence-corrected chi connectivity index (χ1v) is 10.6. The van der Waals surface area contributed by atoms with Crippen LogP contribution in [0.5, 0.6) is 0 Å². The zero-order valence-electron chi connectivity index (χ0n) is 17.8. The summed E-state index contributed by atoms with van der Waals surface area (Å²) < 4.78 is 0. The smallest absolute Gasteiger partial charge is 0.253 e. The fourth-order valence-corrected chi connectivity index (χ4v) is 3.85. The van der Waals surface area contributed by atoms with Gasteiger partial charge in [0.2, 0.25) is 0 Å². The van der Waals surface area contributed by atoms with Gasteiger partial charge in [-0.1, -0.05) is 23.7 Å². The summed E-state index contributed by atoms with van der Waals surface area (Å²) in [5, 5.41) is 5.49. The molecule has 3 rings (SSSR count). The summed E-state index contributed by atoms with van der Waals surface area (Å²) in [7, 11) is 4.03. The largest absolute Gasteiger partial charge is 0.343 e. The summed E-state index contributed by atoms with van der Waals surface area (Å²) in [5.41, 5.74) is 4.54. The molecule has 0 aliphatic rings. The van der Waals surface area contributed by atoms with Crippen molar-refractivity contribution in [3.63, 3.8) is 0 Å². The molecule has 0 saturated heterocycles. The van der Waals surface area contributed by atoms with Crippen LogP contribution >= 0.6 is 23.8 Å². The molecule has 0 unspecified atom stereocenters. The highest BCUT2D eigenvalue weighted by atomic mass is 35.5. The zero-order valence-corrected chi connectivity index (χ0v) is 19.3. The Morgan fingerprint density at radius 2 is 1.90 bits per heavy atom. The number of hydrogen-bond donors (Lipinski definition) is 2. The molecule has 0 aliphatic heterocycles. The molecule has 2 aromatic carbocycles. The van der Waals surface area contributed by atoms with Crippen molar-refractivity contribution in [1.29, 1.82) is 0 Å². The van der Waals surface area contributed by atoms with Crippen LogP contribution in [0.4, 0.5) is 5.69 Å². The number of aromatic nitrogens is 1. The van der Waals surface area contributed by atoms with Gasteiger partial charge in [-0.2, -0.15) is 0 Å². The number of rotatable bonds is 6. The molecule has 0 aliphatic carbocycles. The fourth-order valence-electron chi connectivity index (χ4n) is 3.38. The Morgan fingerprint density at radius 3 is 2.60 bits per heavy atom. The van der Waals surface area contributed by atoms with Gasteiger partial charge in [0.25, 0.3) is 5.56 Å². The van der Waals surface area contributed by atoms with Crippen molar-refractivity contribution in [1.82, 2.24) is 14.8 Å². The van der Waals surface area contributed by atoms with Gasteiger partial charge in [-0.05, 0) is 81.6 Å². The van der Waals surface area contributed by atoms with E-state index in [1.165, 1.54) is 0 Å². The van der Waals surface area contributed by atoms with Crippen LogP contribution in [0.2, 0.25) is 5.02 Å². The Bertz CT molecular complexity index is 1130. The Hall–Kier alpha value is -2.41. The molecule has 0 bridgehead atoms. The number of likely N-dealkylation sites (N-methyl/N-ethyl adjacent to an activating group) is 1. The van der Waals surface area contributed by atoms with Crippen molar-refractivity contribution in [2.45, 2.75) is 20.4 Å². The van der Waals surface area contributed by atoms with Crippen LogP contribution in [0.3, 0.4) is 0 Å². The summed E-state index contributed by atoms with van der Waals surface area (Å²) in [5.74, 6) is 0. The molecule has 0 amide bonds. The zero-order chi connectivity index (χ0) is 21.8. The van der Waals surface area contributed by atoms with Crippen LogP contribution in [0.15, 0.2) is 47.3 Å². The topological polar surface area (TPSA) is 51.4 Å². The van der Waals surface area contributed by atoms with Gasteiger partial charge in [0.05, 0.1) is 6.54 Å². The summed E-state index contributed by atoms with van der Waals surface area (Å²) in [6.45, 7) is 6.00. The van der Waals surface area contributed by atoms with E-state index < -0.39 is 0 Å². The second kappa shape index (κ2) is 9.60. The lowest BCUT2D eigenvalue weighted by atomic mass is 10.0. The Morgan fingerprint density at radius 1 is 1.13 bits per heavy atom. The first-order valence-electron chi connectivity index (χ1n) is 9.82. The van der Waals surface area contributed by atoms with Crippen molar-refractivity contribution >= 4 is 45.5 Å². The van der Waals surface area contributed by atoms with Crippen LogP contribution in [0, 0.1) is 13.8 Å². The standard InChI is InChI=1S/C23H27ClN4OS/c1-15-10-16(2)20-12-17(22(29)26-21(20)11-15)14-28(9-8-27(3)4)23(30)25-19-7-5-6-18(24)13-19/h5-7,10-13H,8-9,14H2,1-4H3,(H,25,30)(H,26,29). The normalized spacial score (nSPS) is 11.1. The molecule has 0 spiro atoms. The summed E-state index contributed by atoms with van der Waals surface area (Å²) in [6, 6.07) is 13.5. The van der Waals surface area contributed by atoms with Gasteiger partial charge in [-0.25, -0.2) is 0 Å². The highest BCUT2D eigenvalue weighted by Gasteiger charge is 2.15. The maximum absolute atomic E-state index is 12.8. The van der Waals surface area contributed by atoms with Gasteiger partial charge >= 0.3 is 0 Å². The van der Waals surface area contributed by atoms with E-state index in [0.29, 0.717) is 28.8 Å². The Kier molecular flexibility index (Phi) is 7.13. The van der Waals surface area contributed by atoms with Gasteiger partial charge in [-0.3, -0.25) is 4.79 Å². The summed E-state index contributed by atoms with van der Waals surface area (Å²) in [4.78, 5) is 19.9. The number of halogens is 1. The number of nitrogens with zero attached hydrogens (tertiary/aromatic N) is 2. The second-order valence-corrected chi connectivity index (χ2v) is 8.66. The number of nitrogens with one attached hydrogen (secondary N) is 2. The monoisotopic (exact) mass is 442 g/mol. The molecule has 0 fully saturated rings. The Balaban J connectivity index is 1.89. The number of pyridine rings is 1. The highest BCUT2D eigenvalue weighted by molar-refractivity contribution is 7.80. The van der Waals surface area contributed by atoms with Gasteiger partial charge in [-0.15, -0.1) is 0 Å². The van der Waals surface area contributed by atoms with E-state index in [4.69, 9.17) is 23.8 Å². The first kappa shape index (κ1) is 22.3. The predicted octanol–water partition coefficient (Wildman–Crippen LogP) is 4.56. The van der Waals surface area contributed by atoms with Crippen molar-refractivity contribution in [2.75, 3.05) is 32.5 Å². The van der Waals surface area contributed by atoms with Crippen LogP contribution in [-0.2, 0) is 6.54 Å². The molecule has 5 nitrogen and oxygen atoms in total. The third kappa shape index (κ3) is 5.59. The molecule has 2 N–H and O–H groups in total. The van der Waals surface area contributed by atoms with Crippen LogP contribution in [0.25, 0.3) is 10.9 Å². The molecule has 158 valence electrons. The maximum atomic E-state index is 12.8. The van der Waals surface area contributed by atoms with E-state index >= 15 is 0 Å². The SMILES string of the molecule is Cc1cc(C)c2cc(CN(CCN(C)C)C(=S)Nc3cccc(Cl)c3)c(=O)[nH]c2c1. The van der Waals surface area contributed by atoms with E-state index in [2.05, 4.69) is 28.2 Å². The molecule has 30 heavy (non-hydrogen) atoms. The van der Waals surface area contributed by atoms with Gasteiger partial charge in [0.1, 0.15) is 0 Å². The molecule has 1 heterocycles. The average Bonchev–Trinajstić information content (AvgIpc) is 2.65. The van der Waals surface area contributed by atoms with Crippen molar-refractivity contribution in [3.8, 4) is 0 Å². The van der Waals surface area contributed by atoms with E-state index in [1.807, 2.05) is 62.3 Å². The van der Waals surface area contributed by atoms with Crippen LogP contribution in [0.1, 0.15) is 16.7 Å². The van der Waals surface area contributed by atoms with Crippen LogP contribution in [-0.4, -0.2) is 47.1 Å². The number of aromatic amines is 1. The molecule has 1 aromatic heterocycles. The third-order valence-electron chi connectivity index (χ3n) is 4.93. The highest BCUT2D eigenvalue weighted by Crippen LogP contribution is 2.20. The fraction of sp³-hybridized carbons (Fsp3) is 0.304. The van der Waals surface area contributed by atoms with Crippen molar-refractivity contribution in [2.24, 2.45) is 0 Å². The molecule has 0 atom stereocenters. The van der Waals surface area contributed by atoms with Crippen molar-refractivity contribution in [3.05, 3.63) is 74.5 Å². The Labute approximate surface area is 187 Å². The number of hydrogen-bond acceptors (Lipinski definition) is 3. The molecule has 0 radical (unpaired) electrons. The molecule has 3 aromatic rings. The average molecular weight is 443 g/mol. The number of thiocarbonyl (C=S) groups is 1. The lowest BCUT2D eigenvalue weighted by molar-refractivity contribution is 0.327. The number of H-pyrrole nitrogens is 1. The lowest BCUT2D eigenvalue weighted by Gasteiger charge is -2.27. The number of fused-ring (bicyclic) bond motifs is 1. The second-order valence-electron chi connectivity index (χ2n) is 7.83. The minimum atomic E-state index is -0.0899. The van der Waals surface area contributed by atoms with Crippen molar-refractivity contribution < 1.29 is 0 Å². The van der Waals surface area contributed by atoms with E-state index in [9.17, 15) is 4.79 Å². The number of benzene rings is 2. The number of aryl methyl sites for hydroxylation is 2. The molecular weight excluding hydrogens is 416 g/mol.